The van der Waals surface area contributed by atoms with Gasteiger partial charge in [-0.2, -0.15) is 0 Å². The Kier molecular flexibility index (Phi) is 7.81. The fourth-order valence-electron chi connectivity index (χ4n) is 8.25. The topological polar surface area (TPSA) is 56.7 Å². The molecule has 11 rings (SSSR count). The van der Waals surface area contributed by atoms with Crippen LogP contribution in [0.5, 0.6) is 0 Å². The van der Waals surface area contributed by atoms with E-state index < -0.39 is 0 Å². The first-order valence-corrected chi connectivity index (χ1v) is 19.2. The molecule has 5 nitrogen and oxygen atoms in total. The molecule has 0 saturated heterocycles. The van der Waals surface area contributed by atoms with E-state index >= 15 is 0 Å². The fourth-order valence-corrected chi connectivity index (χ4v) is 8.25. The quantitative estimate of drug-likeness (QED) is 0.164. The summed E-state index contributed by atoms with van der Waals surface area (Å²) in [5.41, 5.74) is 12.7. The Labute approximate surface area is 329 Å². The van der Waals surface area contributed by atoms with Crippen molar-refractivity contribution in [2.45, 2.75) is 6.42 Å². The van der Waals surface area contributed by atoms with E-state index in [1.165, 1.54) is 21.9 Å². The first-order valence-electron chi connectivity index (χ1n) is 19.2. The van der Waals surface area contributed by atoms with Crippen molar-refractivity contribution in [2.24, 2.45) is 0 Å². The molecule has 0 aliphatic carbocycles. The Balaban J connectivity index is 1.11. The van der Waals surface area contributed by atoms with Crippen molar-refractivity contribution in [1.29, 1.82) is 0 Å². The van der Waals surface area contributed by atoms with Gasteiger partial charge >= 0.3 is 0 Å². The predicted molar refractivity (Wildman–Crippen MR) is 232 cm³/mol. The molecule has 0 amide bonds. The summed E-state index contributed by atoms with van der Waals surface area (Å²) in [6, 6.07) is 67.8. The van der Waals surface area contributed by atoms with Gasteiger partial charge in [-0.05, 0) is 77.2 Å². The minimum absolute atomic E-state index is 0.636. The van der Waals surface area contributed by atoms with Gasteiger partial charge in [0.1, 0.15) is 11.2 Å². The number of benzene rings is 8. The van der Waals surface area contributed by atoms with Gasteiger partial charge in [0.25, 0.3) is 0 Å². The van der Waals surface area contributed by atoms with Crippen molar-refractivity contribution >= 4 is 43.7 Å². The highest BCUT2D eigenvalue weighted by atomic mass is 16.3. The molecule has 0 radical (unpaired) electrons. The van der Waals surface area contributed by atoms with Crippen LogP contribution < -0.4 is 0 Å². The first-order chi connectivity index (χ1) is 28.2. The molecule has 8 aromatic carbocycles. The number of furan rings is 1. The minimum Gasteiger partial charge on any atom is -0.456 e. The van der Waals surface area contributed by atoms with Crippen LogP contribution in [-0.4, -0.2) is 19.5 Å². The van der Waals surface area contributed by atoms with E-state index in [0.717, 1.165) is 72.9 Å². The molecule has 0 aliphatic heterocycles. The van der Waals surface area contributed by atoms with Crippen molar-refractivity contribution in [2.75, 3.05) is 0 Å². The second kappa shape index (κ2) is 13.6. The van der Waals surface area contributed by atoms with Gasteiger partial charge in [0.2, 0.25) is 0 Å². The lowest BCUT2D eigenvalue weighted by Crippen LogP contribution is -2.04. The van der Waals surface area contributed by atoms with Crippen LogP contribution in [0.15, 0.2) is 199 Å². The SMILES string of the molecule is c1ccc(Cc2cc(-c3nc(-c4ccccc4)nc(-c4ccccc4)n3)ccc2-n2c3ccccc3c3cc(-c4cccc5oc6ccccc6c45)ccc32)cc1. The lowest BCUT2D eigenvalue weighted by Gasteiger charge is -2.16. The number of hydrogen-bond donors (Lipinski definition) is 0. The van der Waals surface area contributed by atoms with Crippen molar-refractivity contribution in [3.05, 3.63) is 205 Å². The molecule has 0 unspecified atom stereocenters. The van der Waals surface area contributed by atoms with Crippen molar-refractivity contribution in [3.63, 3.8) is 0 Å². The zero-order valence-corrected chi connectivity index (χ0v) is 30.9. The van der Waals surface area contributed by atoms with Gasteiger partial charge in [0.05, 0.1) is 11.0 Å². The van der Waals surface area contributed by atoms with E-state index in [2.05, 4.69) is 126 Å². The number of para-hydroxylation sites is 2. The lowest BCUT2D eigenvalue weighted by atomic mass is 9.98. The van der Waals surface area contributed by atoms with Crippen LogP contribution in [0.2, 0.25) is 0 Å². The molecule has 57 heavy (non-hydrogen) atoms. The smallest absolute Gasteiger partial charge is 0.164 e. The summed E-state index contributed by atoms with van der Waals surface area (Å²) in [6.45, 7) is 0. The highest BCUT2D eigenvalue weighted by Gasteiger charge is 2.20. The normalized spacial score (nSPS) is 11.6. The molecule has 0 spiro atoms. The molecule has 5 heteroatoms. The van der Waals surface area contributed by atoms with Gasteiger partial charge in [0, 0.05) is 43.9 Å². The summed E-state index contributed by atoms with van der Waals surface area (Å²) >= 11 is 0. The minimum atomic E-state index is 0.636. The van der Waals surface area contributed by atoms with Crippen LogP contribution in [-0.2, 0) is 6.42 Å². The lowest BCUT2D eigenvalue weighted by molar-refractivity contribution is 0.669. The van der Waals surface area contributed by atoms with Crippen LogP contribution in [0.4, 0.5) is 0 Å². The number of rotatable bonds is 7. The van der Waals surface area contributed by atoms with E-state index in [1.54, 1.807) is 0 Å². The maximum absolute atomic E-state index is 6.28. The maximum Gasteiger partial charge on any atom is 0.164 e. The van der Waals surface area contributed by atoms with E-state index in [1.807, 2.05) is 72.8 Å². The van der Waals surface area contributed by atoms with E-state index in [9.17, 15) is 0 Å². The third-order valence-electron chi connectivity index (χ3n) is 10.9. The van der Waals surface area contributed by atoms with Crippen LogP contribution in [0, 0.1) is 0 Å². The predicted octanol–water partition coefficient (Wildman–Crippen LogP) is 13.1. The highest BCUT2D eigenvalue weighted by molar-refractivity contribution is 6.15. The zero-order valence-electron chi connectivity index (χ0n) is 30.9. The Morgan fingerprint density at radius 1 is 0.404 bits per heavy atom. The summed E-state index contributed by atoms with van der Waals surface area (Å²) < 4.78 is 8.70. The molecule has 0 bridgehead atoms. The average Bonchev–Trinajstić information content (AvgIpc) is 3.83. The first kappa shape index (κ1) is 32.8. The Morgan fingerprint density at radius 3 is 1.72 bits per heavy atom. The molecule has 0 aliphatic rings. The van der Waals surface area contributed by atoms with Gasteiger partial charge < -0.3 is 8.98 Å². The van der Waals surface area contributed by atoms with Crippen molar-refractivity contribution in [3.8, 4) is 51.0 Å². The summed E-state index contributed by atoms with van der Waals surface area (Å²) in [7, 11) is 0. The summed E-state index contributed by atoms with van der Waals surface area (Å²) in [4.78, 5) is 15.1. The number of aromatic nitrogens is 4. The van der Waals surface area contributed by atoms with Crippen LogP contribution >= 0.6 is 0 Å². The Hall–Kier alpha value is -7.63. The Bertz CT molecular complexity index is 3200. The number of fused-ring (bicyclic) bond motifs is 6. The Morgan fingerprint density at radius 2 is 0.982 bits per heavy atom. The van der Waals surface area contributed by atoms with Crippen LogP contribution in [0.25, 0.3) is 94.7 Å². The summed E-state index contributed by atoms with van der Waals surface area (Å²) in [5, 5.41) is 4.66. The van der Waals surface area contributed by atoms with E-state index in [4.69, 9.17) is 19.4 Å². The molecule has 0 fully saturated rings. The second-order valence-electron chi connectivity index (χ2n) is 14.4. The molecule has 268 valence electrons. The van der Waals surface area contributed by atoms with Gasteiger partial charge in [-0.25, -0.2) is 15.0 Å². The zero-order chi connectivity index (χ0) is 37.7. The van der Waals surface area contributed by atoms with Gasteiger partial charge in [-0.3, -0.25) is 0 Å². The summed E-state index contributed by atoms with van der Waals surface area (Å²) in [6.07, 6.45) is 0.730. The van der Waals surface area contributed by atoms with Gasteiger partial charge in [-0.1, -0.05) is 146 Å². The largest absolute Gasteiger partial charge is 0.456 e. The third kappa shape index (κ3) is 5.76. The summed E-state index contributed by atoms with van der Waals surface area (Å²) in [5.74, 6) is 1.92. The second-order valence-corrected chi connectivity index (χ2v) is 14.4. The molecule has 3 heterocycles. The van der Waals surface area contributed by atoms with Crippen molar-refractivity contribution in [1.82, 2.24) is 19.5 Å². The van der Waals surface area contributed by atoms with E-state index in [0.29, 0.717) is 17.5 Å². The van der Waals surface area contributed by atoms with Crippen LogP contribution in [0.3, 0.4) is 0 Å². The average molecular weight is 731 g/mol. The molecule has 3 aromatic heterocycles. The standard InChI is InChI=1S/C52H34N4O/c1-4-15-34(16-5-1)31-39-32-38(52-54-50(35-17-6-2-7-18-35)53-51(55-52)36-19-8-3-9-20-36)28-29-44(39)56-45-24-12-10-21-41(45)43-33-37(27-30-46(43)56)40-23-14-26-48-49(40)42-22-11-13-25-47(42)57-48/h1-30,32-33H,31H2. The third-order valence-corrected chi connectivity index (χ3v) is 10.9. The van der Waals surface area contributed by atoms with Gasteiger partial charge in [-0.15, -0.1) is 0 Å². The molecule has 0 saturated carbocycles. The van der Waals surface area contributed by atoms with Crippen molar-refractivity contribution < 1.29 is 4.42 Å². The number of hydrogen-bond acceptors (Lipinski definition) is 4. The molecule has 0 N–H and O–H groups in total. The molecular formula is C52H34N4O. The molecule has 11 aromatic rings. The van der Waals surface area contributed by atoms with Crippen LogP contribution in [0.1, 0.15) is 11.1 Å². The molecular weight excluding hydrogens is 697 g/mol. The highest BCUT2D eigenvalue weighted by Crippen LogP contribution is 2.41. The maximum atomic E-state index is 6.28. The fraction of sp³-hybridized carbons (Fsp3) is 0.0192. The van der Waals surface area contributed by atoms with E-state index in [-0.39, 0.29) is 0 Å². The molecule has 0 atom stereocenters. The van der Waals surface area contributed by atoms with Gasteiger partial charge in [0.15, 0.2) is 17.5 Å². The number of nitrogens with zero attached hydrogens (tertiary/aromatic N) is 4. The monoisotopic (exact) mass is 730 g/mol.